The number of rotatable bonds is 9. The van der Waals surface area contributed by atoms with Crippen molar-refractivity contribution in [3.8, 4) is 11.3 Å². The average Bonchev–Trinajstić information content (AvgIpc) is 2.86. The lowest BCUT2D eigenvalue weighted by Crippen LogP contribution is -2.41. The molecule has 0 atom stereocenters. The second-order valence-corrected chi connectivity index (χ2v) is 9.85. The van der Waals surface area contributed by atoms with Crippen LogP contribution in [0.15, 0.2) is 66.7 Å². The van der Waals surface area contributed by atoms with E-state index in [1.807, 2.05) is 26.0 Å². The number of carboxylic acid groups (broad SMARTS) is 1. The van der Waals surface area contributed by atoms with Crippen LogP contribution in [-0.2, 0) is 16.8 Å². The quantitative estimate of drug-likeness (QED) is 0.244. The van der Waals surface area contributed by atoms with E-state index in [-0.39, 0.29) is 18.1 Å². The third-order valence-electron chi connectivity index (χ3n) is 6.16. The first kappa shape index (κ1) is 26.2. The van der Waals surface area contributed by atoms with Gasteiger partial charge in [0.15, 0.2) is 0 Å². The van der Waals surface area contributed by atoms with Crippen LogP contribution in [0.3, 0.4) is 0 Å². The van der Waals surface area contributed by atoms with Gasteiger partial charge in [0.1, 0.15) is 5.82 Å². The molecule has 0 unspecified atom stereocenters. The van der Waals surface area contributed by atoms with Gasteiger partial charge in [0, 0.05) is 22.6 Å². The van der Waals surface area contributed by atoms with Crippen molar-refractivity contribution in [2.75, 3.05) is 0 Å². The molecule has 8 heteroatoms. The summed E-state index contributed by atoms with van der Waals surface area (Å²) in [7, 11) is 0. The van der Waals surface area contributed by atoms with Crippen LogP contribution in [0.4, 0.5) is 4.39 Å². The SMILES string of the molecule is CC(C)(NC(=O)c1ccc2nc(-c3ccc(Cl)cc3)c(CCCCC(=O)O)nc2c1)c1ccc(F)cc1. The molecule has 2 N–H and O–H groups in total. The summed E-state index contributed by atoms with van der Waals surface area (Å²) in [6, 6.07) is 18.5. The minimum Gasteiger partial charge on any atom is -0.481 e. The number of carboxylic acids is 1. The molecule has 190 valence electrons. The molecule has 3 aromatic carbocycles. The van der Waals surface area contributed by atoms with Crippen molar-refractivity contribution < 1.29 is 19.1 Å². The molecule has 1 heterocycles. The number of carbonyl (C=O) groups is 2. The van der Waals surface area contributed by atoms with Crippen molar-refractivity contribution in [3.63, 3.8) is 0 Å². The predicted octanol–water partition coefficient (Wildman–Crippen LogP) is 6.55. The Bertz CT molecular complexity index is 1440. The number of hydrogen-bond acceptors (Lipinski definition) is 4. The van der Waals surface area contributed by atoms with Crippen molar-refractivity contribution >= 4 is 34.5 Å². The number of aliphatic carboxylic acids is 1. The van der Waals surface area contributed by atoms with Gasteiger partial charge in [-0.2, -0.15) is 0 Å². The molecule has 1 aromatic heterocycles. The number of carbonyl (C=O) groups excluding carboxylic acids is 1. The number of nitrogens with one attached hydrogen (secondary N) is 1. The number of amides is 1. The van der Waals surface area contributed by atoms with Crippen LogP contribution in [-0.4, -0.2) is 27.0 Å². The zero-order chi connectivity index (χ0) is 26.6. The number of halogens is 2. The normalized spacial score (nSPS) is 11.5. The molecule has 0 spiro atoms. The zero-order valence-corrected chi connectivity index (χ0v) is 21.3. The molecule has 0 saturated carbocycles. The maximum atomic E-state index is 13.3. The third-order valence-corrected chi connectivity index (χ3v) is 6.41. The molecule has 0 radical (unpaired) electrons. The van der Waals surface area contributed by atoms with Crippen molar-refractivity contribution in [2.24, 2.45) is 0 Å². The van der Waals surface area contributed by atoms with Gasteiger partial charge in [-0.1, -0.05) is 35.9 Å². The summed E-state index contributed by atoms with van der Waals surface area (Å²) in [5, 5.41) is 12.6. The third kappa shape index (κ3) is 6.49. The summed E-state index contributed by atoms with van der Waals surface area (Å²) >= 11 is 6.06. The van der Waals surface area contributed by atoms with Crippen LogP contribution in [0.25, 0.3) is 22.3 Å². The Morgan fingerprint density at radius 2 is 1.65 bits per heavy atom. The second-order valence-electron chi connectivity index (χ2n) is 9.42. The lowest BCUT2D eigenvalue weighted by atomic mass is 9.94. The van der Waals surface area contributed by atoms with Crippen molar-refractivity contribution in [1.82, 2.24) is 15.3 Å². The summed E-state index contributed by atoms with van der Waals surface area (Å²) in [5.74, 6) is -1.46. The second kappa shape index (κ2) is 11.0. The smallest absolute Gasteiger partial charge is 0.303 e. The molecule has 0 saturated heterocycles. The number of aryl methyl sites for hydroxylation is 1. The van der Waals surface area contributed by atoms with Crippen LogP contribution in [0, 0.1) is 5.82 Å². The Morgan fingerprint density at radius 1 is 0.946 bits per heavy atom. The van der Waals surface area contributed by atoms with Crippen LogP contribution in [0.1, 0.15) is 54.7 Å². The number of hydrogen-bond donors (Lipinski definition) is 2. The van der Waals surface area contributed by atoms with Gasteiger partial charge in [-0.15, -0.1) is 0 Å². The van der Waals surface area contributed by atoms with Crippen LogP contribution < -0.4 is 5.32 Å². The lowest BCUT2D eigenvalue weighted by Gasteiger charge is -2.27. The largest absolute Gasteiger partial charge is 0.481 e. The highest BCUT2D eigenvalue weighted by atomic mass is 35.5. The highest BCUT2D eigenvalue weighted by molar-refractivity contribution is 6.30. The first-order valence-corrected chi connectivity index (χ1v) is 12.4. The molecule has 0 aliphatic carbocycles. The highest BCUT2D eigenvalue weighted by Crippen LogP contribution is 2.27. The summed E-state index contributed by atoms with van der Waals surface area (Å²) < 4.78 is 13.3. The lowest BCUT2D eigenvalue weighted by molar-refractivity contribution is -0.137. The maximum Gasteiger partial charge on any atom is 0.303 e. The van der Waals surface area contributed by atoms with E-state index >= 15 is 0 Å². The molecule has 6 nitrogen and oxygen atoms in total. The van der Waals surface area contributed by atoms with Gasteiger partial charge in [-0.3, -0.25) is 9.59 Å². The molecule has 0 bridgehead atoms. The number of fused-ring (bicyclic) bond motifs is 1. The molecule has 4 aromatic rings. The molecular weight excluding hydrogens is 493 g/mol. The van der Waals surface area contributed by atoms with Gasteiger partial charge < -0.3 is 10.4 Å². The Labute approximate surface area is 219 Å². The van der Waals surface area contributed by atoms with Crippen LogP contribution in [0.2, 0.25) is 5.02 Å². The zero-order valence-electron chi connectivity index (χ0n) is 20.6. The van der Waals surface area contributed by atoms with E-state index in [0.29, 0.717) is 46.6 Å². The van der Waals surface area contributed by atoms with Gasteiger partial charge in [-0.25, -0.2) is 14.4 Å². The summed E-state index contributed by atoms with van der Waals surface area (Å²) in [4.78, 5) is 33.7. The van der Waals surface area contributed by atoms with E-state index in [9.17, 15) is 14.0 Å². The number of nitrogens with zero attached hydrogens (tertiary/aromatic N) is 2. The van der Waals surface area contributed by atoms with Crippen molar-refractivity contribution in [2.45, 2.75) is 45.1 Å². The van der Waals surface area contributed by atoms with Gasteiger partial charge in [0.25, 0.3) is 5.91 Å². The first-order chi connectivity index (χ1) is 17.6. The van der Waals surface area contributed by atoms with Gasteiger partial charge in [0.2, 0.25) is 0 Å². The van der Waals surface area contributed by atoms with E-state index in [2.05, 4.69) is 5.32 Å². The fourth-order valence-corrected chi connectivity index (χ4v) is 4.23. The van der Waals surface area contributed by atoms with Crippen LogP contribution in [0.5, 0.6) is 0 Å². The number of aromatic nitrogens is 2. The topological polar surface area (TPSA) is 92.2 Å². The Kier molecular flexibility index (Phi) is 7.83. The van der Waals surface area contributed by atoms with Crippen LogP contribution >= 0.6 is 11.6 Å². The van der Waals surface area contributed by atoms with E-state index in [0.717, 1.165) is 16.8 Å². The van der Waals surface area contributed by atoms with Gasteiger partial charge in [0.05, 0.1) is 28.0 Å². The molecule has 1 amide bonds. The monoisotopic (exact) mass is 519 g/mol. The van der Waals surface area contributed by atoms with E-state index in [1.54, 1.807) is 42.5 Å². The molecule has 4 rings (SSSR count). The number of unbranched alkanes of at least 4 members (excludes halogenated alkanes) is 1. The highest BCUT2D eigenvalue weighted by Gasteiger charge is 2.24. The minimum absolute atomic E-state index is 0.0887. The summed E-state index contributed by atoms with van der Waals surface area (Å²) in [6.45, 7) is 3.71. The maximum absolute atomic E-state index is 13.3. The molecule has 37 heavy (non-hydrogen) atoms. The summed E-state index contributed by atoms with van der Waals surface area (Å²) in [5.41, 5.74) is 3.96. The molecule has 0 fully saturated rings. The molecule has 0 aliphatic heterocycles. The average molecular weight is 520 g/mol. The van der Waals surface area contributed by atoms with Gasteiger partial charge in [-0.05, 0) is 81.1 Å². The predicted molar refractivity (Wildman–Crippen MR) is 142 cm³/mol. The Balaban J connectivity index is 1.64. The van der Waals surface area contributed by atoms with E-state index < -0.39 is 11.5 Å². The number of benzene rings is 3. The fourth-order valence-electron chi connectivity index (χ4n) is 4.11. The first-order valence-electron chi connectivity index (χ1n) is 12.0. The van der Waals surface area contributed by atoms with Gasteiger partial charge >= 0.3 is 5.97 Å². The summed E-state index contributed by atoms with van der Waals surface area (Å²) in [6.07, 6.45) is 1.79. The van der Waals surface area contributed by atoms with Crippen molar-refractivity contribution in [1.29, 1.82) is 0 Å². The van der Waals surface area contributed by atoms with E-state index in [1.165, 1.54) is 12.1 Å². The van der Waals surface area contributed by atoms with E-state index in [4.69, 9.17) is 26.7 Å². The molecular formula is C29H27ClFN3O3. The van der Waals surface area contributed by atoms with Crippen molar-refractivity contribution in [3.05, 3.63) is 94.4 Å². The fraction of sp³-hybridized carbons (Fsp3) is 0.241. The Morgan fingerprint density at radius 3 is 2.32 bits per heavy atom. The standard InChI is InChI=1S/C29H27ClFN3O3/c1-29(2,20-10-14-22(31)15-11-20)34-28(37)19-9-16-23-25(17-19)32-24(5-3-4-6-26(35)36)27(33-23)18-7-12-21(30)13-8-18/h7-17H,3-6H2,1-2H3,(H,34,37)(H,35,36). The Hall–Kier alpha value is -3.84. The minimum atomic E-state index is -0.832. The molecule has 0 aliphatic rings.